The van der Waals surface area contributed by atoms with E-state index < -0.39 is 0 Å². The van der Waals surface area contributed by atoms with Gasteiger partial charge in [0.05, 0.1) is 7.11 Å². The number of unbranched alkanes of at least 4 members (excludes halogenated alkanes) is 1. The first-order valence-electron chi connectivity index (χ1n) is 6.44. The zero-order valence-corrected chi connectivity index (χ0v) is 11.5. The standard InChI is InChI=1S/C15H23NO2/c1-11-8-9-13(12(2)10-11)14(16)6-4-5-7-15(17)18-3/h8-10,14H,4-7,16H2,1-3H3. The van der Waals surface area contributed by atoms with Gasteiger partial charge < -0.3 is 10.5 Å². The molecule has 1 atom stereocenters. The van der Waals surface area contributed by atoms with Gasteiger partial charge in [0.15, 0.2) is 0 Å². The molecule has 0 radical (unpaired) electrons. The first kappa shape index (κ1) is 14.7. The predicted octanol–water partition coefficient (Wildman–Crippen LogP) is 3.04. The van der Waals surface area contributed by atoms with Crippen LogP contribution in [0.25, 0.3) is 0 Å². The van der Waals surface area contributed by atoms with Gasteiger partial charge in [-0.1, -0.05) is 30.2 Å². The van der Waals surface area contributed by atoms with Crippen LogP contribution >= 0.6 is 0 Å². The lowest BCUT2D eigenvalue weighted by atomic mass is 9.96. The van der Waals surface area contributed by atoms with Crippen molar-refractivity contribution in [3.63, 3.8) is 0 Å². The number of carbonyl (C=O) groups is 1. The molecule has 1 aromatic rings. The summed E-state index contributed by atoms with van der Waals surface area (Å²) in [6, 6.07) is 6.42. The molecule has 0 fully saturated rings. The molecule has 0 bridgehead atoms. The van der Waals surface area contributed by atoms with Crippen molar-refractivity contribution in [1.29, 1.82) is 0 Å². The number of hydrogen-bond acceptors (Lipinski definition) is 3. The van der Waals surface area contributed by atoms with Crippen molar-refractivity contribution in [1.82, 2.24) is 0 Å². The van der Waals surface area contributed by atoms with E-state index >= 15 is 0 Å². The van der Waals surface area contributed by atoms with Crippen molar-refractivity contribution in [2.45, 2.75) is 45.6 Å². The van der Waals surface area contributed by atoms with Crippen LogP contribution in [0.1, 0.15) is 48.4 Å². The minimum absolute atomic E-state index is 0.0586. The van der Waals surface area contributed by atoms with Gasteiger partial charge in [-0.2, -0.15) is 0 Å². The largest absolute Gasteiger partial charge is 0.469 e. The van der Waals surface area contributed by atoms with E-state index in [1.54, 1.807) is 0 Å². The van der Waals surface area contributed by atoms with E-state index in [9.17, 15) is 4.79 Å². The van der Waals surface area contributed by atoms with Gasteiger partial charge in [0.2, 0.25) is 0 Å². The van der Waals surface area contributed by atoms with Crippen LogP contribution in [0.5, 0.6) is 0 Å². The minimum Gasteiger partial charge on any atom is -0.469 e. The molecular weight excluding hydrogens is 226 g/mol. The highest BCUT2D eigenvalue weighted by Crippen LogP contribution is 2.21. The van der Waals surface area contributed by atoms with E-state index in [-0.39, 0.29) is 12.0 Å². The summed E-state index contributed by atoms with van der Waals surface area (Å²) in [4.78, 5) is 11.0. The van der Waals surface area contributed by atoms with E-state index in [0.717, 1.165) is 19.3 Å². The Hall–Kier alpha value is -1.35. The molecule has 0 heterocycles. The molecule has 3 nitrogen and oxygen atoms in total. The van der Waals surface area contributed by atoms with Gasteiger partial charge in [0, 0.05) is 12.5 Å². The Bertz CT molecular complexity index is 401. The summed E-state index contributed by atoms with van der Waals surface area (Å²) in [6.07, 6.45) is 3.17. The third-order valence-electron chi connectivity index (χ3n) is 3.20. The topological polar surface area (TPSA) is 52.3 Å². The van der Waals surface area contributed by atoms with Crippen LogP contribution in [0.4, 0.5) is 0 Å². The van der Waals surface area contributed by atoms with Crippen LogP contribution in [-0.2, 0) is 9.53 Å². The molecule has 3 heteroatoms. The Balaban J connectivity index is 2.40. The summed E-state index contributed by atoms with van der Waals surface area (Å²) in [5, 5.41) is 0. The molecule has 1 aromatic carbocycles. The molecule has 0 aromatic heterocycles. The molecule has 2 N–H and O–H groups in total. The molecule has 0 aliphatic heterocycles. The fourth-order valence-electron chi connectivity index (χ4n) is 2.13. The lowest BCUT2D eigenvalue weighted by Crippen LogP contribution is -2.12. The maximum Gasteiger partial charge on any atom is 0.305 e. The van der Waals surface area contributed by atoms with Gasteiger partial charge in [0.1, 0.15) is 0 Å². The minimum atomic E-state index is -0.143. The fraction of sp³-hybridized carbons (Fsp3) is 0.533. The molecule has 0 aliphatic rings. The van der Waals surface area contributed by atoms with Crippen molar-refractivity contribution in [3.05, 3.63) is 34.9 Å². The van der Waals surface area contributed by atoms with E-state index in [1.807, 2.05) is 0 Å². The number of ether oxygens (including phenoxy) is 1. The monoisotopic (exact) mass is 249 g/mol. The number of hydrogen-bond donors (Lipinski definition) is 1. The molecular formula is C15H23NO2. The summed E-state index contributed by atoms with van der Waals surface area (Å²) in [6.45, 7) is 4.18. The van der Waals surface area contributed by atoms with Gasteiger partial charge in [-0.15, -0.1) is 0 Å². The molecule has 0 aliphatic carbocycles. The molecule has 0 saturated carbocycles. The average molecular weight is 249 g/mol. The highest BCUT2D eigenvalue weighted by Gasteiger charge is 2.09. The summed E-state index contributed by atoms with van der Waals surface area (Å²) in [7, 11) is 1.42. The number of benzene rings is 1. The maximum absolute atomic E-state index is 11.0. The zero-order chi connectivity index (χ0) is 13.5. The number of aryl methyl sites for hydroxylation is 2. The van der Waals surface area contributed by atoms with Crippen LogP contribution in [-0.4, -0.2) is 13.1 Å². The van der Waals surface area contributed by atoms with Crippen LogP contribution in [0.3, 0.4) is 0 Å². The normalized spacial score (nSPS) is 12.2. The van der Waals surface area contributed by atoms with Gasteiger partial charge in [-0.3, -0.25) is 4.79 Å². The lowest BCUT2D eigenvalue weighted by molar-refractivity contribution is -0.140. The Kier molecular flexibility index (Phi) is 5.86. The summed E-state index contributed by atoms with van der Waals surface area (Å²) in [5.41, 5.74) is 9.89. The number of methoxy groups -OCH3 is 1. The van der Waals surface area contributed by atoms with Crippen molar-refractivity contribution in [2.24, 2.45) is 5.73 Å². The second-order valence-corrected chi connectivity index (χ2v) is 4.79. The van der Waals surface area contributed by atoms with Gasteiger partial charge >= 0.3 is 5.97 Å². The Morgan fingerprint density at radius 3 is 2.67 bits per heavy atom. The second kappa shape index (κ2) is 7.17. The Morgan fingerprint density at radius 2 is 2.06 bits per heavy atom. The predicted molar refractivity (Wildman–Crippen MR) is 73.3 cm³/mol. The van der Waals surface area contributed by atoms with Crippen LogP contribution in [0.2, 0.25) is 0 Å². The van der Waals surface area contributed by atoms with E-state index in [2.05, 4.69) is 36.8 Å². The van der Waals surface area contributed by atoms with Crippen LogP contribution < -0.4 is 5.73 Å². The lowest BCUT2D eigenvalue weighted by Gasteiger charge is -2.15. The van der Waals surface area contributed by atoms with E-state index in [4.69, 9.17) is 5.73 Å². The molecule has 1 unspecified atom stereocenters. The third-order valence-corrected chi connectivity index (χ3v) is 3.20. The summed E-state index contributed by atoms with van der Waals surface area (Å²) < 4.78 is 4.60. The molecule has 18 heavy (non-hydrogen) atoms. The van der Waals surface area contributed by atoms with Crippen molar-refractivity contribution >= 4 is 5.97 Å². The molecule has 0 saturated heterocycles. The smallest absolute Gasteiger partial charge is 0.305 e. The SMILES string of the molecule is COC(=O)CCCCC(N)c1ccc(C)cc1C. The molecule has 0 amide bonds. The first-order chi connectivity index (χ1) is 8.54. The Morgan fingerprint density at radius 1 is 1.33 bits per heavy atom. The number of esters is 1. The molecule has 100 valence electrons. The number of rotatable bonds is 6. The maximum atomic E-state index is 11.0. The summed E-state index contributed by atoms with van der Waals surface area (Å²) >= 11 is 0. The highest BCUT2D eigenvalue weighted by atomic mass is 16.5. The first-order valence-corrected chi connectivity index (χ1v) is 6.44. The average Bonchev–Trinajstić information content (AvgIpc) is 2.34. The van der Waals surface area contributed by atoms with Gasteiger partial charge in [0.25, 0.3) is 0 Å². The highest BCUT2D eigenvalue weighted by molar-refractivity contribution is 5.68. The second-order valence-electron chi connectivity index (χ2n) is 4.79. The van der Waals surface area contributed by atoms with Crippen molar-refractivity contribution in [3.8, 4) is 0 Å². The van der Waals surface area contributed by atoms with Crippen LogP contribution in [0, 0.1) is 13.8 Å². The third kappa shape index (κ3) is 4.49. The van der Waals surface area contributed by atoms with E-state index in [0.29, 0.717) is 6.42 Å². The van der Waals surface area contributed by atoms with E-state index in [1.165, 1.54) is 23.8 Å². The van der Waals surface area contributed by atoms with Gasteiger partial charge in [-0.25, -0.2) is 0 Å². The zero-order valence-electron chi connectivity index (χ0n) is 11.5. The quantitative estimate of drug-likeness (QED) is 0.622. The molecule has 1 rings (SSSR count). The number of carbonyl (C=O) groups excluding carboxylic acids is 1. The number of nitrogens with two attached hydrogens (primary N) is 1. The summed E-state index contributed by atoms with van der Waals surface area (Å²) in [5.74, 6) is -0.143. The fourth-order valence-corrected chi connectivity index (χ4v) is 2.13. The molecule has 0 spiro atoms. The van der Waals surface area contributed by atoms with Crippen LogP contribution in [0.15, 0.2) is 18.2 Å². The van der Waals surface area contributed by atoms with Crippen molar-refractivity contribution < 1.29 is 9.53 Å². The Labute approximate surface area is 109 Å². The van der Waals surface area contributed by atoms with Crippen molar-refractivity contribution in [2.75, 3.05) is 7.11 Å². The van der Waals surface area contributed by atoms with Gasteiger partial charge in [-0.05, 0) is 37.8 Å².